The summed E-state index contributed by atoms with van der Waals surface area (Å²) in [4.78, 5) is 0. The zero-order chi connectivity index (χ0) is 2.71. The molecule has 0 unspecified atom stereocenters. The van der Waals surface area contributed by atoms with Gasteiger partial charge in [0, 0.05) is 55.2 Å². The van der Waals surface area contributed by atoms with Gasteiger partial charge in [0.1, 0.15) is 0 Å². The van der Waals surface area contributed by atoms with E-state index in [0.717, 1.165) is 0 Å². The van der Waals surface area contributed by atoms with Gasteiger partial charge in [-0.15, -0.1) is 0 Å². The minimum absolute atomic E-state index is 0. The Morgan fingerprint density at radius 3 is 1.50 bits per heavy atom. The maximum Gasteiger partial charge on any atom is 0 e. The van der Waals surface area contributed by atoms with Gasteiger partial charge in [0.2, 0.25) is 0 Å². The molecule has 1 radical (unpaired) electrons. The van der Waals surface area contributed by atoms with Crippen LogP contribution in [0.1, 0.15) is 0 Å². The molecular weight excluding hydrogens is 684 g/mol. The normalized spacial score (nSPS) is 2.17. The van der Waals surface area contributed by atoms with Crippen LogP contribution >= 0.6 is 0 Å². The Morgan fingerprint density at radius 1 is 1.50 bits per heavy atom. The molecule has 0 nitrogen and oxygen atoms in total. The third-order valence-corrected chi connectivity index (χ3v) is 0. The van der Waals surface area contributed by atoms with E-state index in [-0.39, 0.29) is 71.8 Å². The summed E-state index contributed by atoms with van der Waals surface area (Å²) < 4.78 is 0. The van der Waals surface area contributed by atoms with Crippen molar-refractivity contribution in [3.05, 3.63) is 0 Å². The number of hydrogen-bond donors (Lipinski definition) is 0. The predicted octanol–water partition coefficient (Wildman–Crippen LogP) is -0.929. The first-order valence-electron chi connectivity index (χ1n) is 0.616. The molecule has 0 bridgehead atoms. The largest absolute Gasteiger partial charge is 0 e. The van der Waals surface area contributed by atoms with E-state index in [4.69, 9.17) is 0 Å². The second-order valence-corrected chi connectivity index (χ2v) is 11.3. The zero-order valence-corrected chi connectivity index (χ0v) is 13.4. The van der Waals surface area contributed by atoms with Crippen LogP contribution in [-0.2, 0) is 87.8 Å². The summed E-state index contributed by atoms with van der Waals surface area (Å²) in [5, 5.41) is 0. The van der Waals surface area contributed by atoms with Crippen molar-refractivity contribution >= 4 is 5.93 Å². The Kier molecular flexibility index (Phi) is 91.9. The van der Waals surface area contributed by atoms with Crippen molar-refractivity contribution < 1.29 is 87.8 Å². The van der Waals surface area contributed by atoms with Gasteiger partial charge in [0.25, 0.3) is 0 Å². The van der Waals surface area contributed by atoms with Crippen LogP contribution in [0.15, 0.2) is 0 Å². The van der Waals surface area contributed by atoms with Crippen LogP contribution in [0.25, 0.3) is 0 Å². The molecule has 6 heteroatoms. The zero-order valence-electron chi connectivity index (χ0n) is 2.88. The molecule has 0 fully saturated rings. The molecule has 0 saturated carbocycles. The number of rotatable bonds is 0. The van der Waals surface area contributed by atoms with E-state index >= 15 is 0 Å². The molecule has 0 N–H and O–H groups in total. The van der Waals surface area contributed by atoms with E-state index in [1.165, 1.54) is 0 Å². The van der Waals surface area contributed by atoms with Gasteiger partial charge in [-0.05, 0) is 0 Å². The van der Waals surface area contributed by atoms with Crippen LogP contribution in [-0.4, -0.2) is 5.93 Å². The first kappa shape index (κ1) is 22.9. The third kappa shape index (κ3) is 27.1. The molecule has 42 valence electrons. The van der Waals surface area contributed by atoms with Gasteiger partial charge in [0.15, 0.2) is 0 Å². The maximum atomic E-state index is 2.33. The molecule has 6 heavy (non-hydrogen) atoms. The monoisotopic (exact) mass is 687 g/mol. The standard InChI is InChI=1S/BH2.Co.Cr.Pt.Re.Ta/h1H2;;;;;/q+1;;;;;-1. The molecule has 0 aromatic rings. The average molecular weight is 686 g/mol. The van der Waals surface area contributed by atoms with Crippen LogP contribution < -0.4 is 0 Å². The Labute approximate surface area is 92.0 Å². The van der Waals surface area contributed by atoms with E-state index < -0.39 is 0 Å². The van der Waals surface area contributed by atoms with Crippen molar-refractivity contribution in [3.63, 3.8) is 0 Å². The van der Waals surface area contributed by atoms with Crippen molar-refractivity contribution in [2.75, 3.05) is 0 Å². The first-order valence-corrected chi connectivity index (χ1v) is 15.0. The molecule has 0 rings (SSSR count). The Balaban J connectivity index is -0.00000000667. The number of hydrogen-bond acceptors (Lipinski definition) is 0. The summed E-state index contributed by atoms with van der Waals surface area (Å²) in [5.41, 5.74) is 0. The van der Waals surface area contributed by atoms with Gasteiger partial charge < -0.3 is 0 Å². The summed E-state index contributed by atoms with van der Waals surface area (Å²) in [6.07, 6.45) is 0. The van der Waals surface area contributed by atoms with Crippen molar-refractivity contribution in [2.45, 2.75) is 0 Å². The Bertz CT molecular complexity index is 15.5. The minimum atomic E-state index is 0. The van der Waals surface area contributed by atoms with Crippen molar-refractivity contribution in [3.8, 4) is 0 Å². The fourth-order valence-corrected chi connectivity index (χ4v) is 0. The van der Waals surface area contributed by atoms with Crippen LogP contribution in [0.3, 0.4) is 0 Å². The molecule has 0 spiro atoms. The van der Waals surface area contributed by atoms with Crippen LogP contribution in [0.2, 0.25) is 0 Å². The Morgan fingerprint density at radius 2 is 1.50 bits per heavy atom. The molecule has 0 aromatic heterocycles. The van der Waals surface area contributed by atoms with E-state index in [9.17, 15) is 0 Å². The van der Waals surface area contributed by atoms with Gasteiger partial charge in [-0.3, -0.25) is 0 Å². The SMILES string of the molecule is [BH2][Ta][Re].[Co].[Cr].[Pt]. The molecule has 0 aliphatic rings. The maximum absolute atomic E-state index is 2.33. The third-order valence-electron chi connectivity index (χ3n) is 0. The van der Waals surface area contributed by atoms with E-state index in [1.807, 2.05) is 16.0 Å². The van der Waals surface area contributed by atoms with Gasteiger partial charge in [0.05, 0.1) is 0 Å². The molecule has 0 aliphatic carbocycles. The molecule has 0 amide bonds. The summed E-state index contributed by atoms with van der Waals surface area (Å²) in [7, 11) is 0. The molecule has 0 saturated heterocycles. The van der Waals surface area contributed by atoms with E-state index in [0.29, 0.717) is 0 Å². The smallest absolute Gasteiger partial charge is 0 e. The van der Waals surface area contributed by atoms with E-state index in [2.05, 4.69) is 5.93 Å². The minimum Gasteiger partial charge on any atom is 0 e. The molecule has 0 heterocycles. The predicted molar refractivity (Wildman–Crippen MR) is 8.54 cm³/mol. The summed E-state index contributed by atoms with van der Waals surface area (Å²) in [6, 6.07) is 0. The Hall–Kier alpha value is 3.19. The second-order valence-electron chi connectivity index (χ2n) is 0.169. The van der Waals surface area contributed by atoms with Crippen molar-refractivity contribution in [1.82, 2.24) is 0 Å². The van der Waals surface area contributed by atoms with Crippen molar-refractivity contribution in [2.24, 2.45) is 0 Å². The molecule has 0 aromatic carbocycles. The van der Waals surface area contributed by atoms with Gasteiger partial charge in [-0.2, -0.15) is 0 Å². The van der Waals surface area contributed by atoms with Crippen LogP contribution in [0.4, 0.5) is 0 Å². The van der Waals surface area contributed by atoms with Gasteiger partial charge in [-0.1, -0.05) is 0 Å². The molecule has 0 atom stereocenters. The summed E-state index contributed by atoms with van der Waals surface area (Å²) in [6.45, 7) is 0. The van der Waals surface area contributed by atoms with Crippen LogP contribution in [0, 0.1) is 0 Å². The first-order chi connectivity index (χ1) is 1.41. The van der Waals surface area contributed by atoms with Crippen molar-refractivity contribution in [1.29, 1.82) is 0 Å². The summed E-state index contributed by atoms with van der Waals surface area (Å²) in [5.74, 6) is 2.33. The fraction of sp³-hybridized carbons (Fsp3) is 0. The topological polar surface area (TPSA) is 0 Å². The second kappa shape index (κ2) is 24.1. The quantitative estimate of drug-likeness (QED) is 0.290. The molecular formula is H2BCoCrPtReTa. The fourth-order valence-electron chi connectivity index (χ4n) is 0. The average Bonchev–Trinajstić information content (AvgIpc) is 0.918. The van der Waals surface area contributed by atoms with E-state index in [1.54, 1.807) is 0 Å². The van der Waals surface area contributed by atoms with Gasteiger partial charge >= 0.3 is 38.5 Å². The summed E-state index contributed by atoms with van der Waals surface area (Å²) >= 11 is 2.23. The van der Waals surface area contributed by atoms with Gasteiger partial charge in [-0.25, -0.2) is 0 Å². The molecule has 0 aliphatic heterocycles. The van der Waals surface area contributed by atoms with Crippen LogP contribution in [0.5, 0.6) is 0 Å².